The average molecular weight is 369 g/mol. The van der Waals surface area contributed by atoms with Crippen LogP contribution in [0.5, 0.6) is 5.75 Å². The highest BCUT2D eigenvalue weighted by Gasteiger charge is 2.16. The summed E-state index contributed by atoms with van der Waals surface area (Å²) in [5, 5.41) is 17.1. The number of urea groups is 1. The van der Waals surface area contributed by atoms with Gasteiger partial charge in [-0.15, -0.1) is 10.2 Å². The molecule has 2 aromatic rings. The molecule has 1 fully saturated rings. The number of nitrogens with one attached hydrogen (secondary N) is 3. The molecule has 7 nitrogen and oxygen atoms in total. The van der Waals surface area contributed by atoms with Crippen molar-refractivity contribution < 1.29 is 9.53 Å². The number of nitrogens with zero attached hydrogens (tertiary/aromatic N) is 2. The Kier molecular flexibility index (Phi) is 6.46. The van der Waals surface area contributed by atoms with Crippen LogP contribution in [0.1, 0.15) is 46.0 Å². The molecule has 2 amide bonds. The van der Waals surface area contributed by atoms with Gasteiger partial charge in [0.15, 0.2) is 11.6 Å². The number of hydrogen-bond donors (Lipinski definition) is 3. The second-order valence-electron chi connectivity index (χ2n) is 7.02. The molecule has 1 heterocycles. The van der Waals surface area contributed by atoms with Gasteiger partial charge in [-0.2, -0.15) is 0 Å². The fourth-order valence-corrected chi connectivity index (χ4v) is 3.11. The lowest BCUT2D eigenvalue weighted by atomic mass is 9.96. The molecule has 1 aromatic heterocycles. The van der Waals surface area contributed by atoms with E-state index in [9.17, 15) is 4.79 Å². The van der Waals surface area contributed by atoms with Gasteiger partial charge in [-0.3, -0.25) is 5.32 Å². The van der Waals surface area contributed by atoms with E-state index in [1.807, 2.05) is 38.1 Å². The molecule has 0 aliphatic heterocycles. The Morgan fingerprint density at radius 3 is 2.44 bits per heavy atom. The highest BCUT2D eigenvalue weighted by atomic mass is 16.5. The number of anilines is 3. The lowest BCUT2D eigenvalue weighted by molar-refractivity contribution is 0.243. The molecule has 3 N–H and O–H groups in total. The second-order valence-corrected chi connectivity index (χ2v) is 7.02. The van der Waals surface area contributed by atoms with Gasteiger partial charge in [0.25, 0.3) is 0 Å². The van der Waals surface area contributed by atoms with Gasteiger partial charge >= 0.3 is 6.03 Å². The minimum absolute atomic E-state index is 0.0771. The Hall–Kier alpha value is -2.83. The van der Waals surface area contributed by atoms with Crippen molar-refractivity contribution in [1.29, 1.82) is 0 Å². The quantitative estimate of drug-likeness (QED) is 0.699. The number of ether oxygens (including phenoxy) is 1. The molecule has 1 saturated carbocycles. The molecule has 1 aliphatic carbocycles. The molecular formula is C20H27N5O2. The van der Waals surface area contributed by atoms with Crippen LogP contribution in [0.15, 0.2) is 36.4 Å². The summed E-state index contributed by atoms with van der Waals surface area (Å²) in [6.07, 6.45) is 5.76. The van der Waals surface area contributed by atoms with Crippen LogP contribution in [0.3, 0.4) is 0 Å². The number of benzene rings is 1. The van der Waals surface area contributed by atoms with Crippen LogP contribution in [0.4, 0.5) is 22.1 Å². The maximum absolute atomic E-state index is 12.1. The van der Waals surface area contributed by atoms with Crippen LogP contribution in [-0.2, 0) is 0 Å². The predicted octanol–water partition coefficient (Wildman–Crippen LogP) is 4.46. The fraction of sp³-hybridized carbons (Fsp3) is 0.450. The summed E-state index contributed by atoms with van der Waals surface area (Å²) in [5.41, 5.74) is 0.816. The molecule has 0 saturated heterocycles. The van der Waals surface area contributed by atoms with Crippen LogP contribution in [0, 0.1) is 0 Å². The van der Waals surface area contributed by atoms with Gasteiger partial charge in [0, 0.05) is 6.04 Å². The van der Waals surface area contributed by atoms with Crippen LogP contribution >= 0.6 is 0 Å². The highest BCUT2D eigenvalue weighted by molar-refractivity contribution is 5.88. The molecule has 0 unspecified atom stereocenters. The van der Waals surface area contributed by atoms with E-state index in [1.54, 1.807) is 12.1 Å². The number of aromatic nitrogens is 2. The first-order valence-electron chi connectivity index (χ1n) is 9.54. The molecule has 27 heavy (non-hydrogen) atoms. The summed E-state index contributed by atoms with van der Waals surface area (Å²) in [6.45, 7) is 3.96. The second kappa shape index (κ2) is 9.21. The first-order chi connectivity index (χ1) is 13.1. The minimum Gasteiger partial charge on any atom is -0.489 e. The first-order valence-corrected chi connectivity index (χ1v) is 9.54. The first kappa shape index (κ1) is 18.9. The zero-order valence-electron chi connectivity index (χ0n) is 15.9. The van der Waals surface area contributed by atoms with Gasteiger partial charge in [-0.1, -0.05) is 31.4 Å². The Morgan fingerprint density at radius 2 is 1.74 bits per heavy atom. The van der Waals surface area contributed by atoms with Crippen molar-refractivity contribution in [3.05, 3.63) is 36.4 Å². The summed E-state index contributed by atoms with van der Waals surface area (Å²) in [7, 11) is 0. The normalized spacial score (nSPS) is 14.6. The number of hydrogen-bond acceptors (Lipinski definition) is 5. The summed E-state index contributed by atoms with van der Waals surface area (Å²) in [4.78, 5) is 12.1. The summed E-state index contributed by atoms with van der Waals surface area (Å²) >= 11 is 0. The number of carbonyl (C=O) groups excluding carboxylic acids is 1. The van der Waals surface area contributed by atoms with Gasteiger partial charge in [-0.05, 0) is 51.0 Å². The van der Waals surface area contributed by atoms with Crippen LogP contribution in [-0.4, -0.2) is 28.4 Å². The molecule has 144 valence electrons. The monoisotopic (exact) mass is 369 g/mol. The van der Waals surface area contributed by atoms with Crippen molar-refractivity contribution in [3.8, 4) is 5.75 Å². The van der Waals surface area contributed by atoms with Crippen molar-refractivity contribution >= 4 is 23.4 Å². The summed E-state index contributed by atoms with van der Waals surface area (Å²) < 4.78 is 5.79. The van der Waals surface area contributed by atoms with E-state index in [0.29, 0.717) is 11.6 Å². The van der Waals surface area contributed by atoms with E-state index >= 15 is 0 Å². The topological polar surface area (TPSA) is 88.2 Å². The molecule has 7 heteroatoms. The Labute approximate surface area is 159 Å². The van der Waals surface area contributed by atoms with Gasteiger partial charge in [-0.25, -0.2) is 4.79 Å². The molecule has 3 rings (SSSR count). The van der Waals surface area contributed by atoms with Gasteiger partial charge in [0.05, 0.1) is 11.8 Å². The number of para-hydroxylation sites is 2. The highest BCUT2D eigenvalue weighted by Crippen LogP contribution is 2.27. The van der Waals surface area contributed by atoms with E-state index < -0.39 is 0 Å². The van der Waals surface area contributed by atoms with E-state index in [-0.39, 0.29) is 18.2 Å². The van der Waals surface area contributed by atoms with E-state index in [0.717, 1.165) is 24.3 Å². The maximum Gasteiger partial charge on any atom is 0.320 e. The van der Waals surface area contributed by atoms with Gasteiger partial charge in [0.1, 0.15) is 5.75 Å². The minimum atomic E-state index is -0.229. The van der Waals surface area contributed by atoms with Crippen molar-refractivity contribution in [3.63, 3.8) is 0 Å². The van der Waals surface area contributed by atoms with Gasteiger partial charge < -0.3 is 15.4 Å². The lowest BCUT2D eigenvalue weighted by Gasteiger charge is -2.22. The number of rotatable bonds is 6. The summed E-state index contributed by atoms with van der Waals surface area (Å²) in [6, 6.07) is 11.2. The van der Waals surface area contributed by atoms with Crippen molar-refractivity contribution in [1.82, 2.24) is 15.5 Å². The van der Waals surface area contributed by atoms with Crippen molar-refractivity contribution in [2.24, 2.45) is 0 Å². The third-order valence-corrected chi connectivity index (χ3v) is 4.36. The largest absolute Gasteiger partial charge is 0.489 e. The lowest BCUT2D eigenvalue weighted by Crippen LogP contribution is -2.39. The van der Waals surface area contributed by atoms with E-state index in [4.69, 9.17) is 4.74 Å². The average Bonchev–Trinajstić information content (AvgIpc) is 2.65. The standard InChI is InChI=1S/C20H27N5O2/c1-14(2)27-17-11-7-6-10-16(17)22-18-12-13-19(25-24-18)23-20(26)21-15-8-4-3-5-9-15/h6-7,10-15H,3-5,8-9H2,1-2H3,(H,22,24)(H2,21,23,25,26). The number of carbonyl (C=O) groups is 1. The Bertz CT molecular complexity index is 742. The third kappa shape index (κ3) is 5.84. The van der Waals surface area contributed by atoms with E-state index in [1.165, 1.54) is 19.3 Å². The molecule has 0 radical (unpaired) electrons. The van der Waals surface area contributed by atoms with Crippen LogP contribution in [0.2, 0.25) is 0 Å². The molecule has 0 bridgehead atoms. The molecular weight excluding hydrogens is 342 g/mol. The SMILES string of the molecule is CC(C)Oc1ccccc1Nc1ccc(NC(=O)NC2CCCCC2)nn1. The van der Waals surface area contributed by atoms with Crippen LogP contribution in [0.25, 0.3) is 0 Å². The maximum atomic E-state index is 12.1. The smallest absolute Gasteiger partial charge is 0.320 e. The fourth-order valence-electron chi connectivity index (χ4n) is 3.11. The van der Waals surface area contributed by atoms with E-state index in [2.05, 4.69) is 26.1 Å². The Morgan fingerprint density at radius 1 is 1.04 bits per heavy atom. The van der Waals surface area contributed by atoms with Crippen molar-refractivity contribution in [2.45, 2.75) is 58.1 Å². The van der Waals surface area contributed by atoms with Gasteiger partial charge in [0.2, 0.25) is 0 Å². The number of amides is 2. The van der Waals surface area contributed by atoms with Crippen LogP contribution < -0.4 is 20.7 Å². The molecule has 1 aliphatic rings. The zero-order valence-corrected chi connectivity index (χ0v) is 15.9. The molecule has 0 atom stereocenters. The molecule has 1 aromatic carbocycles. The zero-order chi connectivity index (χ0) is 19.1. The predicted molar refractivity (Wildman–Crippen MR) is 107 cm³/mol. The third-order valence-electron chi connectivity index (χ3n) is 4.36. The van der Waals surface area contributed by atoms with Crippen molar-refractivity contribution in [2.75, 3.05) is 10.6 Å². The summed E-state index contributed by atoms with van der Waals surface area (Å²) in [5.74, 6) is 1.75. The molecule has 0 spiro atoms. The Balaban J connectivity index is 1.56.